The zero-order valence-electron chi connectivity index (χ0n) is 12.7. The van der Waals surface area contributed by atoms with Crippen LogP contribution in [0.1, 0.15) is 49.1 Å². The van der Waals surface area contributed by atoms with Gasteiger partial charge in [0, 0.05) is 22.8 Å². The van der Waals surface area contributed by atoms with Crippen LogP contribution in [0.25, 0.3) is 10.6 Å². The Kier molecular flexibility index (Phi) is 3.82. The van der Waals surface area contributed by atoms with Crippen molar-refractivity contribution >= 4 is 11.3 Å². The number of aryl methyl sites for hydroxylation is 2. The molecule has 2 aromatic heterocycles. The van der Waals surface area contributed by atoms with Gasteiger partial charge in [-0.15, -0.1) is 11.3 Å². The topological polar surface area (TPSA) is 58.6 Å². The van der Waals surface area contributed by atoms with Gasteiger partial charge >= 0.3 is 5.69 Å². The molecule has 2 heterocycles. The Bertz CT molecular complexity index is 671. The minimum atomic E-state index is -0.305. The first-order chi connectivity index (χ1) is 10.8. The molecule has 0 amide bonds. The third-order valence-electron chi connectivity index (χ3n) is 5.16. The standard InChI is InChI=1S/C17H21N3OS/c21-17-18-9-13(10-19-17)16-20-14-6-4-12(5-7-15(14)22-16)8-11-2-1-3-11/h9-12H,1-8H2,(H,18,19,21). The van der Waals surface area contributed by atoms with Crippen molar-refractivity contribution in [3.05, 3.63) is 33.4 Å². The number of aromatic nitrogens is 3. The molecule has 2 aromatic rings. The van der Waals surface area contributed by atoms with Crippen LogP contribution in [0, 0.1) is 11.8 Å². The van der Waals surface area contributed by atoms with Crippen LogP contribution in [0.5, 0.6) is 0 Å². The normalized spacial score (nSPS) is 21.9. The summed E-state index contributed by atoms with van der Waals surface area (Å²) in [4.78, 5) is 23.7. The van der Waals surface area contributed by atoms with Crippen molar-refractivity contribution in [1.29, 1.82) is 0 Å². The number of aromatic amines is 1. The molecule has 5 heteroatoms. The van der Waals surface area contributed by atoms with Gasteiger partial charge in [-0.25, -0.2) is 14.8 Å². The number of nitrogens with one attached hydrogen (secondary N) is 1. The van der Waals surface area contributed by atoms with E-state index in [1.165, 1.54) is 55.5 Å². The molecule has 1 unspecified atom stereocenters. The lowest BCUT2D eigenvalue weighted by Gasteiger charge is -2.29. The summed E-state index contributed by atoms with van der Waals surface area (Å²) in [6.07, 6.45) is 14.0. The van der Waals surface area contributed by atoms with Crippen molar-refractivity contribution in [2.45, 2.75) is 51.4 Å². The third-order valence-corrected chi connectivity index (χ3v) is 6.36. The monoisotopic (exact) mass is 315 g/mol. The number of H-pyrrole nitrogens is 1. The van der Waals surface area contributed by atoms with E-state index in [1.807, 2.05) is 0 Å². The highest BCUT2D eigenvalue weighted by Gasteiger charge is 2.25. The molecule has 1 fully saturated rings. The summed E-state index contributed by atoms with van der Waals surface area (Å²) in [5.74, 6) is 1.90. The number of nitrogens with zero attached hydrogens (tertiary/aromatic N) is 2. The fourth-order valence-electron chi connectivity index (χ4n) is 3.61. The van der Waals surface area contributed by atoms with Gasteiger partial charge in [-0.05, 0) is 43.9 Å². The zero-order chi connectivity index (χ0) is 14.9. The predicted molar refractivity (Wildman–Crippen MR) is 88.1 cm³/mol. The predicted octanol–water partition coefficient (Wildman–Crippen LogP) is 3.58. The summed E-state index contributed by atoms with van der Waals surface area (Å²) >= 11 is 1.78. The van der Waals surface area contributed by atoms with Crippen LogP contribution in [-0.4, -0.2) is 15.0 Å². The summed E-state index contributed by atoms with van der Waals surface area (Å²) in [5, 5.41) is 0.992. The fraction of sp³-hybridized carbons (Fsp3) is 0.588. The van der Waals surface area contributed by atoms with Gasteiger partial charge in [-0.1, -0.05) is 19.3 Å². The molecule has 1 N–H and O–H groups in total. The van der Waals surface area contributed by atoms with Crippen molar-refractivity contribution in [2.24, 2.45) is 11.8 Å². The van der Waals surface area contributed by atoms with Gasteiger partial charge in [0.25, 0.3) is 0 Å². The van der Waals surface area contributed by atoms with Gasteiger partial charge in [0.05, 0.1) is 5.69 Å². The largest absolute Gasteiger partial charge is 0.344 e. The van der Waals surface area contributed by atoms with E-state index in [4.69, 9.17) is 4.98 Å². The van der Waals surface area contributed by atoms with Crippen LogP contribution < -0.4 is 5.69 Å². The third kappa shape index (κ3) is 2.86. The maximum absolute atomic E-state index is 11.1. The van der Waals surface area contributed by atoms with Gasteiger partial charge < -0.3 is 4.98 Å². The van der Waals surface area contributed by atoms with Gasteiger partial charge in [-0.2, -0.15) is 0 Å². The molecule has 0 bridgehead atoms. The van der Waals surface area contributed by atoms with E-state index < -0.39 is 0 Å². The first-order valence-corrected chi connectivity index (χ1v) is 9.13. The molecule has 0 saturated heterocycles. The quantitative estimate of drug-likeness (QED) is 0.881. The first-order valence-electron chi connectivity index (χ1n) is 8.31. The molecular weight excluding hydrogens is 294 g/mol. The molecule has 0 radical (unpaired) electrons. The molecule has 4 nitrogen and oxygen atoms in total. The molecule has 0 aromatic carbocycles. The molecule has 2 aliphatic rings. The summed E-state index contributed by atoms with van der Waals surface area (Å²) in [6, 6.07) is 0. The Balaban J connectivity index is 1.47. The van der Waals surface area contributed by atoms with Crippen molar-refractivity contribution in [3.63, 3.8) is 0 Å². The summed E-state index contributed by atoms with van der Waals surface area (Å²) in [6.45, 7) is 0. The SMILES string of the molecule is O=c1ncc(-c2nc3c(s2)CCC(CC2CCC2)CC3)c[nH]1. The fourth-order valence-corrected chi connectivity index (χ4v) is 4.72. The number of rotatable bonds is 3. The van der Waals surface area contributed by atoms with Crippen LogP contribution in [0.4, 0.5) is 0 Å². The number of thiazole rings is 1. The average Bonchev–Trinajstić information content (AvgIpc) is 2.80. The molecule has 1 saturated carbocycles. The van der Waals surface area contributed by atoms with Crippen molar-refractivity contribution < 1.29 is 0 Å². The Labute approximate surface area is 134 Å². The maximum Gasteiger partial charge on any atom is 0.344 e. The lowest BCUT2D eigenvalue weighted by molar-refractivity contribution is 0.237. The van der Waals surface area contributed by atoms with E-state index in [0.717, 1.165) is 28.8 Å². The van der Waals surface area contributed by atoms with E-state index in [-0.39, 0.29) is 5.69 Å². The van der Waals surface area contributed by atoms with Gasteiger partial charge in [0.15, 0.2) is 0 Å². The molecule has 116 valence electrons. The highest BCUT2D eigenvalue weighted by Crippen LogP contribution is 2.38. The summed E-state index contributed by atoms with van der Waals surface area (Å²) in [7, 11) is 0. The highest BCUT2D eigenvalue weighted by molar-refractivity contribution is 7.15. The minimum absolute atomic E-state index is 0.305. The molecule has 0 aliphatic heterocycles. The van der Waals surface area contributed by atoms with Crippen molar-refractivity contribution in [2.75, 3.05) is 0 Å². The van der Waals surface area contributed by atoms with E-state index in [2.05, 4.69) is 9.97 Å². The minimum Gasteiger partial charge on any atom is -0.312 e. The zero-order valence-corrected chi connectivity index (χ0v) is 13.5. The molecule has 1 atom stereocenters. The Morgan fingerprint density at radius 3 is 2.73 bits per heavy atom. The molecule has 22 heavy (non-hydrogen) atoms. The average molecular weight is 315 g/mol. The van der Waals surface area contributed by atoms with Gasteiger partial charge in [0.1, 0.15) is 5.01 Å². The second-order valence-corrected chi connectivity index (χ2v) is 7.76. The van der Waals surface area contributed by atoms with Crippen LogP contribution >= 0.6 is 11.3 Å². The van der Waals surface area contributed by atoms with Gasteiger partial charge in [0.2, 0.25) is 0 Å². The smallest absolute Gasteiger partial charge is 0.312 e. The van der Waals surface area contributed by atoms with Gasteiger partial charge in [-0.3, -0.25) is 0 Å². The van der Waals surface area contributed by atoms with E-state index >= 15 is 0 Å². The highest BCUT2D eigenvalue weighted by atomic mass is 32.1. The van der Waals surface area contributed by atoms with Crippen LogP contribution in [0.3, 0.4) is 0 Å². The Morgan fingerprint density at radius 1 is 1.18 bits per heavy atom. The molecule has 2 aliphatic carbocycles. The summed E-state index contributed by atoms with van der Waals surface area (Å²) < 4.78 is 0. The second-order valence-electron chi connectivity index (χ2n) is 6.67. The van der Waals surface area contributed by atoms with Crippen LogP contribution in [0.15, 0.2) is 17.2 Å². The molecular formula is C17H21N3OS. The van der Waals surface area contributed by atoms with E-state index in [1.54, 1.807) is 23.7 Å². The summed E-state index contributed by atoms with van der Waals surface area (Å²) in [5.41, 5.74) is 1.90. The number of hydrogen-bond donors (Lipinski definition) is 1. The van der Waals surface area contributed by atoms with Crippen LogP contribution in [-0.2, 0) is 12.8 Å². The number of hydrogen-bond acceptors (Lipinski definition) is 4. The van der Waals surface area contributed by atoms with E-state index in [0.29, 0.717) is 0 Å². The molecule has 4 rings (SSSR count). The Morgan fingerprint density at radius 2 is 2.00 bits per heavy atom. The molecule has 0 spiro atoms. The lowest BCUT2D eigenvalue weighted by atomic mass is 9.77. The van der Waals surface area contributed by atoms with Crippen molar-refractivity contribution in [1.82, 2.24) is 15.0 Å². The van der Waals surface area contributed by atoms with Crippen LogP contribution in [0.2, 0.25) is 0 Å². The first kappa shape index (κ1) is 14.1. The lowest BCUT2D eigenvalue weighted by Crippen LogP contribution is -2.16. The number of fused-ring (bicyclic) bond motifs is 1. The Hall–Kier alpha value is -1.49. The maximum atomic E-state index is 11.1. The second kappa shape index (κ2) is 5.95. The van der Waals surface area contributed by atoms with Crippen molar-refractivity contribution in [3.8, 4) is 10.6 Å². The van der Waals surface area contributed by atoms with E-state index in [9.17, 15) is 4.79 Å².